The van der Waals surface area contributed by atoms with Crippen LogP contribution in [0.25, 0.3) is 0 Å². The summed E-state index contributed by atoms with van der Waals surface area (Å²) in [5.41, 5.74) is 2.89. The van der Waals surface area contributed by atoms with Crippen LogP contribution >= 0.6 is 11.6 Å². The first-order valence-corrected chi connectivity index (χ1v) is 9.24. The van der Waals surface area contributed by atoms with Crippen molar-refractivity contribution in [2.75, 3.05) is 50.1 Å². The summed E-state index contributed by atoms with van der Waals surface area (Å²) in [7, 11) is 2.23. The molecule has 0 atom stereocenters. The van der Waals surface area contributed by atoms with Crippen LogP contribution < -0.4 is 19.9 Å². The van der Waals surface area contributed by atoms with Gasteiger partial charge >= 0.3 is 0 Å². The van der Waals surface area contributed by atoms with E-state index < -0.39 is 0 Å². The second-order valence-corrected chi connectivity index (χ2v) is 7.15. The number of aryl methyl sites for hydroxylation is 1. The molecule has 2 N–H and O–H groups in total. The molecule has 2 aromatic rings. The lowest BCUT2D eigenvalue weighted by atomic mass is 10.2. The molecular weight excluding hydrogens is 350 g/mol. The fourth-order valence-corrected chi connectivity index (χ4v) is 3.07. The summed E-state index contributed by atoms with van der Waals surface area (Å²) in [6.45, 7) is 6.29. The highest BCUT2D eigenvalue weighted by Gasteiger charge is 2.16. The molecule has 1 heterocycles. The summed E-state index contributed by atoms with van der Waals surface area (Å²) in [5, 5.41) is 3.55. The number of ether oxygens (including phenoxy) is 1. The van der Waals surface area contributed by atoms with E-state index in [1.165, 1.54) is 5.69 Å². The van der Waals surface area contributed by atoms with Gasteiger partial charge in [0.1, 0.15) is 5.75 Å². The van der Waals surface area contributed by atoms with Gasteiger partial charge in [0.15, 0.2) is 6.61 Å². The van der Waals surface area contributed by atoms with Gasteiger partial charge in [-0.15, -0.1) is 0 Å². The molecule has 0 radical (unpaired) electrons. The average Bonchev–Trinajstić information content (AvgIpc) is 2.64. The third-order valence-electron chi connectivity index (χ3n) is 4.63. The van der Waals surface area contributed by atoms with Crippen molar-refractivity contribution in [1.29, 1.82) is 0 Å². The molecule has 1 aliphatic heterocycles. The number of carbonyl (C=O) groups excluding carboxylic acids is 1. The molecular formula is C20H25ClN3O2+. The standard InChI is InChI=1S/C20H24ClN3O2/c1-15-13-18(7-8-19(15)21)26-14-20(25)22-16-3-5-17(6-4-16)24-11-9-23(2)10-12-24/h3-8,13H,9-12,14H2,1-2H3,(H,22,25)/p+1. The number of nitrogens with zero attached hydrogens (tertiary/aromatic N) is 1. The van der Waals surface area contributed by atoms with Gasteiger partial charge in [0.2, 0.25) is 0 Å². The van der Waals surface area contributed by atoms with Crippen LogP contribution in [-0.4, -0.2) is 45.7 Å². The van der Waals surface area contributed by atoms with Crippen LogP contribution in [0.5, 0.6) is 5.75 Å². The van der Waals surface area contributed by atoms with E-state index in [0.717, 1.165) is 37.4 Å². The number of hydrogen-bond acceptors (Lipinski definition) is 3. The number of likely N-dealkylation sites (N-methyl/N-ethyl adjacent to an activating group) is 1. The van der Waals surface area contributed by atoms with Gasteiger partial charge in [0.05, 0.1) is 33.2 Å². The normalized spacial score (nSPS) is 15.0. The summed E-state index contributed by atoms with van der Waals surface area (Å²) in [6.07, 6.45) is 0. The van der Waals surface area contributed by atoms with Gasteiger partial charge in [-0.05, 0) is 55.0 Å². The minimum Gasteiger partial charge on any atom is -0.484 e. The number of amides is 1. The number of anilines is 2. The van der Waals surface area contributed by atoms with Gasteiger partial charge in [-0.3, -0.25) is 4.79 Å². The number of benzene rings is 2. The molecule has 26 heavy (non-hydrogen) atoms. The number of rotatable bonds is 5. The molecule has 0 unspecified atom stereocenters. The smallest absolute Gasteiger partial charge is 0.262 e. The Labute approximate surface area is 159 Å². The third-order valence-corrected chi connectivity index (χ3v) is 5.06. The van der Waals surface area contributed by atoms with Gasteiger partial charge in [-0.2, -0.15) is 0 Å². The van der Waals surface area contributed by atoms with E-state index in [9.17, 15) is 4.79 Å². The quantitative estimate of drug-likeness (QED) is 0.841. The molecule has 6 heteroatoms. The lowest BCUT2D eigenvalue weighted by Crippen LogP contribution is -3.12. The van der Waals surface area contributed by atoms with E-state index in [1.807, 2.05) is 25.1 Å². The molecule has 2 aromatic carbocycles. The Hall–Kier alpha value is -2.24. The third kappa shape index (κ3) is 4.90. The molecule has 1 amide bonds. The Morgan fingerprint density at radius 2 is 1.88 bits per heavy atom. The number of nitrogens with one attached hydrogen (secondary N) is 2. The predicted octanol–water partition coefficient (Wildman–Crippen LogP) is 2.00. The molecule has 0 bridgehead atoms. The molecule has 5 nitrogen and oxygen atoms in total. The maximum absolute atomic E-state index is 12.1. The number of hydrogen-bond donors (Lipinski definition) is 2. The van der Waals surface area contributed by atoms with E-state index in [-0.39, 0.29) is 12.5 Å². The average molecular weight is 375 g/mol. The predicted molar refractivity (Wildman–Crippen MR) is 106 cm³/mol. The van der Waals surface area contributed by atoms with E-state index in [0.29, 0.717) is 10.8 Å². The fourth-order valence-electron chi connectivity index (χ4n) is 2.96. The van der Waals surface area contributed by atoms with E-state index in [2.05, 4.69) is 29.4 Å². The maximum Gasteiger partial charge on any atom is 0.262 e. The molecule has 0 aliphatic carbocycles. The molecule has 1 fully saturated rings. The zero-order chi connectivity index (χ0) is 18.5. The first kappa shape index (κ1) is 18.5. The van der Waals surface area contributed by atoms with E-state index in [1.54, 1.807) is 17.0 Å². The first-order chi connectivity index (χ1) is 12.5. The van der Waals surface area contributed by atoms with Crippen molar-refractivity contribution in [2.24, 2.45) is 0 Å². The fraction of sp³-hybridized carbons (Fsp3) is 0.350. The number of piperazine rings is 1. The van der Waals surface area contributed by atoms with Crippen molar-refractivity contribution in [2.45, 2.75) is 6.92 Å². The molecule has 1 aliphatic rings. The lowest BCUT2D eigenvalue weighted by Gasteiger charge is -2.31. The summed E-state index contributed by atoms with van der Waals surface area (Å²) in [4.78, 5) is 16.0. The van der Waals surface area contributed by atoms with Gasteiger partial charge in [-0.25, -0.2) is 0 Å². The minimum absolute atomic E-state index is 0.0376. The Morgan fingerprint density at radius 1 is 1.19 bits per heavy atom. The molecule has 1 saturated heterocycles. The van der Waals surface area contributed by atoms with Crippen LogP contribution in [0.2, 0.25) is 5.02 Å². The zero-order valence-electron chi connectivity index (χ0n) is 15.2. The van der Waals surface area contributed by atoms with E-state index >= 15 is 0 Å². The molecule has 138 valence electrons. The molecule has 0 spiro atoms. The number of halogens is 1. The highest BCUT2D eigenvalue weighted by molar-refractivity contribution is 6.31. The zero-order valence-corrected chi connectivity index (χ0v) is 16.0. The highest BCUT2D eigenvalue weighted by Crippen LogP contribution is 2.21. The van der Waals surface area contributed by atoms with Gasteiger partial charge in [0, 0.05) is 16.4 Å². The summed E-state index contributed by atoms with van der Waals surface area (Å²) >= 11 is 5.99. The monoisotopic (exact) mass is 374 g/mol. The van der Waals surface area contributed by atoms with Gasteiger partial charge in [0.25, 0.3) is 5.91 Å². The Balaban J connectivity index is 1.50. The van der Waals surface area contributed by atoms with Crippen LogP contribution in [0.15, 0.2) is 42.5 Å². The van der Waals surface area contributed by atoms with Crippen molar-refractivity contribution in [3.63, 3.8) is 0 Å². The van der Waals surface area contributed by atoms with Crippen molar-refractivity contribution in [1.82, 2.24) is 0 Å². The largest absolute Gasteiger partial charge is 0.484 e. The first-order valence-electron chi connectivity index (χ1n) is 8.86. The van der Waals surface area contributed by atoms with Crippen LogP contribution in [0.4, 0.5) is 11.4 Å². The van der Waals surface area contributed by atoms with Crippen molar-refractivity contribution < 1.29 is 14.4 Å². The van der Waals surface area contributed by atoms with Crippen LogP contribution in [-0.2, 0) is 4.79 Å². The van der Waals surface area contributed by atoms with Gasteiger partial charge in [-0.1, -0.05) is 11.6 Å². The summed E-state index contributed by atoms with van der Waals surface area (Å²) in [5.74, 6) is 0.447. The maximum atomic E-state index is 12.1. The Kier molecular flexibility index (Phi) is 6.01. The minimum atomic E-state index is -0.187. The number of quaternary nitrogens is 1. The Morgan fingerprint density at radius 3 is 2.54 bits per heavy atom. The summed E-state index contributed by atoms with van der Waals surface area (Å²) < 4.78 is 5.52. The van der Waals surface area contributed by atoms with Crippen molar-refractivity contribution in [3.8, 4) is 5.75 Å². The summed E-state index contributed by atoms with van der Waals surface area (Å²) in [6, 6.07) is 13.3. The van der Waals surface area contributed by atoms with Gasteiger partial charge < -0.3 is 19.9 Å². The highest BCUT2D eigenvalue weighted by atomic mass is 35.5. The van der Waals surface area contributed by atoms with Crippen LogP contribution in [0, 0.1) is 6.92 Å². The molecule has 3 rings (SSSR count). The topological polar surface area (TPSA) is 46.0 Å². The Bertz CT molecular complexity index is 756. The van der Waals surface area contributed by atoms with Crippen LogP contribution in [0.1, 0.15) is 5.56 Å². The SMILES string of the molecule is Cc1cc(OCC(=O)Nc2ccc(N3CC[NH+](C)CC3)cc2)ccc1Cl. The lowest BCUT2D eigenvalue weighted by molar-refractivity contribution is -0.880. The van der Waals surface area contributed by atoms with Crippen molar-refractivity contribution >= 4 is 28.9 Å². The molecule has 0 saturated carbocycles. The second kappa shape index (κ2) is 8.43. The van der Waals surface area contributed by atoms with Crippen molar-refractivity contribution in [3.05, 3.63) is 53.1 Å². The van der Waals surface area contributed by atoms with E-state index in [4.69, 9.17) is 16.3 Å². The second-order valence-electron chi connectivity index (χ2n) is 6.74. The van der Waals surface area contributed by atoms with Crippen LogP contribution in [0.3, 0.4) is 0 Å². The number of carbonyl (C=O) groups is 1. The molecule has 0 aromatic heterocycles.